The van der Waals surface area contributed by atoms with Crippen molar-refractivity contribution in [3.05, 3.63) is 29.6 Å². The van der Waals surface area contributed by atoms with Crippen molar-refractivity contribution in [1.82, 2.24) is 0 Å². The fraction of sp³-hybridized carbons (Fsp3) is 0.364. The van der Waals surface area contributed by atoms with Crippen LogP contribution < -0.4 is 4.74 Å². The molecule has 6 heteroatoms. The molecule has 1 fully saturated rings. The molecule has 0 spiro atoms. The SMILES string of the molecule is O=C1CCC1c1ccc(OC(F)(F)F)cc1F. The quantitative estimate of drug-likeness (QED) is 0.751. The van der Waals surface area contributed by atoms with E-state index in [1.807, 2.05) is 0 Å². The Morgan fingerprint density at radius 2 is 2.00 bits per heavy atom. The number of hydrogen-bond acceptors (Lipinski definition) is 2. The van der Waals surface area contributed by atoms with E-state index in [-0.39, 0.29) is 11.3 Å². The van der Waals surface area contributed by atoms with Crippen LogP contribution in [0, 0.1) is 5.82 Å². The first-order valence-electron chi connectivity index (χ1n) is 4.95. The van der Waals surface area contributed by atoms with Crippen molar-refractivity contribution in [2.24, 2.45) is 0 Å². The molecule has 0 aliphatic heterocycles. The lowest BCUT2D eigenvalue weighted by atomic mass is 9.78. The second kappa shape index (κ2) is 4.01. The van der Waals surface area contributed by atoms with Crippen LogP contribution in [0.1, 0.15) is 24.3 Å². The zero-order valence-corrected chi connectivity index (χ0v) is 8.55. The average Bonchev–Trinajstić information content (AvgIpc) is 2.17. The predicted molar refractivity (Wildman–Crippen MR) is 50.1 cm³/mol. The minimum atomic E-state index is -4.85. The van der Waals surface area contributed by atoms with E-state index in [2.05, 4.69) is 4.74 Å². The molecule has 0 amide bonds. The highest BCUT2D eigenvalue weighted by atomic mass is 19.4. The summed E-state index contributed by atoms with van der Waals surface area (Å²) < 4.78 is 52.7. The first-order chi connectivity index (χ1) is 7.87. The molecular weight excluding hydrogens is 240 g/mol. The Labute approximate surface area is 94.2 Å². The monoisotopic (exact) mass is 248 g/mol. The van der Waals surface area contributed by atoms with E-state index >= 15 is 0 Å². The predicted octanol–water partition coefficient (Wildman–Crippen LogP) is 3.17. The maximum atomic E-state index is 13.5. The summed E-state index contributed by atoms with van der Waals surface area (Å²) in [7, 11) is 0. The highest BCUT2D eigenvalue weighted by Gasteiger charge is 2.34. The van der Waals surface area contributed by atoms with Gasteiger partial charge in [0.05, 0.1) is 0 Å². The Bertz CT molecular complexity index is 453. The van der Waals surface area contributed by atoms with Crippen LogP contribution in [0.3, 0.4) is 0 Å². The number of benzene rings is 1. The summed E-state index contributed by atoms with van der Waals surface area (Å²) in [6, 6.07) is 2.82. The van der Waals surface area contributed by atoms with E-state index in [9.17, 15) is 22.4 Å². The van der Waals surface area contributed by atoms with Crippen LogP contribution in [0.25, 0.3) is 0 Å². The first kappa shape index (κ1) is 11.9. The molecule has 1 unspecified atom stereocenters. The highest BCUT2D eigenvalue weighted by Crippen LogP contribution is 2.36. The fourth-order valence-electron chi connectivity index (χ4n) is 1.72. The van der Waals surface area contributed by atoms with Crippen LogP contribution in [-0.2, 0) is 4.79 Å². The summed E-state index contributed by atoms with van der Waals surface area (Å²) >= 11 is 0. The van der Waals surface area contributed by atoms with Crippen LogP contribution in [0.15, 0.2) is 18.2 Å². The van der Waals surface area contributed by atoms with E-state index in [1.54, 1.807) is 0 Å². The molecule has 0 saturated heterocycles. The van der Waals surface area contributed by atoms with Crippen molar-refractivity contribution in [1.29, 1.82) is 0 Å². The molecule has 1 saturated carbocycles. The molecule has 0 aromatic heterocycles. The molecule has 1 aliphatic carbocycles. The third-order valence-electron chi connectivity index (χ3n) is 2.65. The van der Waals surface area contributed by atoms with Gasteiger partial charge in [0.25, 0.3) is 0 Å². The minimum absolute atomic E-state index is 0.0895. The van der Waals surface area contributed by atoms with Gasteiger partial charge in [-0.2, -0.15) is 0 Å². The Morgan fingerprint density at radius 1 is 1.29 bits per heavy atom. The molecule has 17 heavy (non-hydrogen) atoms. The molecule has 2 nitrogen and oxygen atoms in total. The molecule has 92 valence electrons. The summed E-state index contributed by atoms with van der Waals surface area (Å²) in [5.41, 5.74) is 0.135. The largest absolute Gasteiger partial charge is 0.573 e. The van der Waals surface area contributed by atoms with E-state index in [0.29, 0.717) is 18.9 Å². The summed E-state index contributed by atoms with van der Waals surface area (Å²) in [4.78, 5) is 11.1. The maximum Gasteiger partial charge on any atom is 0.573 e. The number of alkyl halides is 3. The van der Waals surface area contributed by atoms with Gasteiger partial charge in [0.2, 0.25) is 0 Å². The normalized spacial score (nSPS) is 20.0. The van der Waals surface area contributed by atoms with Crippen molar-refractivity contribution in [3.63, 3.8) is 0 Å². The van der Waals surface area contributed by atoms with Crippen molar-refractivity contribution >= 4 is 5.78 Å². The zero-order valence-electron chi connectivity index (χ0n) is 8.55. The van der Waals surface area contributed by atoms with Crippen LogP contribution in [0.4, 0.5) is 17.6 Å². The lowest BCUT2D eigenvalue weighted by Gasteiger charge is -2.24. The van der Waals surface area contributed by atoms with Gasteiger partial charge in [-0.05, 0) is 18.1 Å². The standard InChI is InChI=1S/C11H8F4O2/c12-9-5-6(17-11(13,14)15)1-2-7(9)8-3-4-10(8)16/h1-2,5,8H,3-4H2. The fourth-order valence-corrected chi connectivity index (χ4v) is 1.72. The van der Waals surface area contributed by atoms with Crippen LogP contribution in [-0.4, -0.2) is 12.1 Å². The molecule has 1 aromatic carbocycles. The van der Waals surface area contributed by atoms with Crippen molar-refractivity contribution in [2.45, 2.75) is 25.1 Å². The number of hydrogen-bond donors (Lipinski definition) is 0. The van der Waals surface area contributed by atoms with Gasteiger partial charge in [-0.25, -0.2) is 4.39 Å². The smallest absolute Gasteiger partial charge is 0.406 e. The summed E-state index contributed by atoms with van der Waals surface area (Å²) in [5.74, 6) is -2.07. The molecule has 1 aromatic rings. The first-order valence-corrected chi connectivity index (χ1v) is 4.95. The van der Waals surface area contributed by atoms with Gasteiger partial charge in [-0.3, -0.25) is 4.79 Å². The summed E-state index contributed by atoms with van der Waals surface area (Å²) in [6.07, 6.45) is -3.92. The van der Waals surface area contributed by atoms with Gasteiger partial charge in [0.1, 0.15) is 17.3 Å². The van der Waals surface area contributed by atoms with Crippen LogP contribution in [0.2, 0.25) is 0 Å². The number of ketones is 1. The van der Waals surface area contributed by atoms with E-state index in [1.165, 1.54) is 0 Å². The highest BCUT2D eigenvalue weighted by molar-refractivity contribution is 5.91. The van der Waals surface area contributed by atoms with Gasteiger partial charge in [-0.1, -0.05) is 6.07 Å². The number of carbonyl (C=O) groups is 1. The lowest BCUT2D eigenvalue weighted by molar-refractivity contribution is -0.274. The average molecular weight is 248 g/mol. The minimum Gasteiger partial charge on any atom is -0.406 e. The third-order valence-corrected chi connectivity index (χ3v) is 2.65. The van der Waals surface area contributed by atoms with Crippen LogP contribution >= 0.6 is 0 Å². The Kier molecular flexibility index (Phi) is 2.81. The Balaban J connectivity index is 2.20. The number of rotatable bonds is 2. The lowest BCUT2D eigenvalue weighted by Crippen LogP contribution is -2.24. The Hall–Kier alpha value is -1.59. The van der Waals surface area contributed by atoms with Gasteiger partial charge in [0, 0.05) is 18.4 Å². The molecule has 0 bridgehead atoms. The number of halogens is 4. The van der Waals surface area contributed by atoms with Gasteiger partial charge < -0.3 is 4.74 Å². The molecular formula is C11H8F4O2. The van der Waals surface area contributed by atoms with E-state index in [4.69, 9.17) is 0 Å². The van der Waals surface area contributed by atoms with Crippen LogP contribution in [0.5, 0.6) is 5.75 Å². The maximum absolute atomic E-state index is 13.5. The van der Waals surface area contributed by atoms with Gasteiger partial charge in [0.15, 0.2) is 0 Å². The second-order valence-electron chi connectivity index (χ2n) is 3.79. The van der Waals surface area contributed by atoms with Crippen molar-refractivity contribution < 1.29 is 27.1 Å². The summed E-state index contributed by atoms with van der Waals surface area (Å²) in [5, 5.41) is 0. The zero-order chi connectivity index (χ0) is 12.6. The number of ether oxygens (including phenoxy) is 1. The number of Topliss-reactive ketones (excluding diaryl/α,β-unsaturated/α-hetero) is 1. The van der Waals surface area contributed by atoms with Crippen molar-refractivity contribution in [3.8, 4) is 5.75 Å². The molecule has 2 rings (SSSR count). The van der Waals surface area contributed by atoms with Crippen molar-refractivity contribution in [2.75, 3.05) is 0 Å². The summed E-state index contributed by atoms with van der Waals surface area (Å²) in [6.45, 7) is 0. The number of carbonyl (C=O) groups excluding carboxylic acids is 1. The third kappa shape index (κ3) is 2.57. The van der Waals surface area contributed by atoms with E-state index in [0.717, 1.165) is 12.1 Å². The molecule has 1 atom stereocenters. The molecule has 1 aliphatic rings. The van der Waals surface area contributed by atoms with Gasteiger partial charge in [-0.15, -0.1) is 13.2 Å². The molecule has 0 N–H and O–H groups in total. The second-order valence-corrected chi connectivity index (χ2v) is 3.79. The van der Waals surface area contributed by atoms with Gasteiger partial charge >= 0.3 is 6.36 Å². The molecule has 0 radical (unpaired) electrons. The Morgan fingerprint density at radius 3 is 2.41 bits per heavy atom. The molecule has 0 heterocycles. The van der Waals surface area contributed by atoms with E-state index < -0.39 is 23.8 Å². The topological polar surface area (TPSA) is 26.3 Å².